The molecular weight excluding hydrogens is 182 g/mol. The largest absolute Gasteiger partial charge is 0.371 e. The molecule has 1 rings (SSSR count). The number of carbonyl (C=O) groups is 1. The molecule has 0 aliphatic rings. The van der Waals surface area contributed by atoms with E-state index in [1.165, 1.54) is 7.11 Å². The number of nitrogens with zero attached hydrogens (tertiary/aromatic N) is 3. The number of hydrogen-bond acceptors (Lipinski definition) is 4. The van der Waals surface area contributed by atoms with Gasteiger partial charge in [0.1, 0.15) is 5.60 Å². The number of rotatable bonds is 4. The van der Waals surface area contributed by atoms with Crippen LogP contribution in [0.15, 0.2) is 6.20 Å². The van der Waals surface area contributed by atoms with Crippen LogP contribution < -0.4 is 0 Å². The van der Waals surface area contributed by atoms with Crippen LogP contribution in [-0.4, -0.2) is 33.5 Å². The van der Waals surface area contributed by atoms with Gasteiger partial charge in [0.15, 0.2) is 5.78 Å². The highest BCUT2D eigenvalue weighted by molar-refractivity contribution is 5.88. The molecule has 0 aromatic carbocycles. The van der Waals surface area contributed by atoms with Crippen molar-refractivity contribution in [1.29, 1.82) is 0 Å². The van der Waals surface area contributed by atoms with E-state index < -0.39 is 5.60 Å². The lowest BCUT2D eigenvalue weighted by Gasteiger charge is -2.20. The summed E-state index contributed by atoms with van der Waals surface area (Å²) in [5, 5.41) is 7.59. The lowest BCUT2D eigenvalue weighted by Crippen LogP contribution is -2.35. The van der Waals surface area contributed by atoms with Gasteiger partial charge in [0, 0.05) is 20.4 Å². The molecule has 0 radical (unpaired) electrons. The second-order valence-corrected chi connectivity index (χ2v) is 3.70. The quantitative estimate of drug-likeness (QED) is 0.699. The third kappa shape index (κ3) is 2.38. The summed E-state index contributed by atoms with van der Waals surface area (Å²) in [5.41, 5.74) is -0.0834. The second-order valence-electron chi connectivity index (χ2n) is 3.70. The topological polar surface area (TPSA) is 57.0 Å². The van der Waals surface area contributed by atoms with Crippen molar-refractivity contribution < 1.29 is 9.53 Å². The molecule has 5 nitrogen and oxygen atoms in total. The number of aromatic nitrogens is 3. The van der Waals surface area contributed by atoms with Gasteiger partial charge in [-0.1, -0.05) is 5.21 Å². The summed E-state index contributed by atoms with van der Waals surface area (Å²) in [6.45, 7) is 3.48. The Morgan fingerprint density at radius 2 is 2.29 bits per heavy atom. The summed E-state index contributed by atoms with van der Waals surface area (Å²) in [6.07, 6.45) is 1.98. The molecule has 0 aliphatic carbocycles. The summed E-state index contributed by atoms with van der Waals surface area (Å²) in [5.74, 6) is 0.000463. The van der Waals surface area contributed by atoms with E-state index in [9.17, 15) is 4.79 Å². The van der Waals surface area contributed by atoms with E-state index in [0.29, 0.717) is 5.69 Å². The van der Waals surface area contributed by atoms with E-state index in [2.05, 4.69) is 10.3 Å². The van der Waals surface area contributed by atoms with Crippen LogP contribution >= 0.6 is 0 Å². The van der Waals surface area contributed by atoms with E-state index in [1.807, 2.05) is 0 Å². The molecule has 0 bridgehead atoms. The van der Waals surface area contributed by atoms with Crippen molar-refractivity contribution >= 4 is 5.78 Å². The van der Waals surface area contributed by atoms with E-state index in [1.54, 1.807) is 31.8 Å². The predicted octanol–water partition coefficient (Wildman–Crippen LogP) is 0.352. The minimum Gasteiger partial charge on any atom is -0.371 e. The molecule has 5 heteroatoms. The van der Waals surface area contributed by atoms with Crippen molar-refractivity contribution in [2.45, 2.75) is 25.9 Å². The number of ketones is 1. The average molecular weight is 197 g/mol. The first-order valence-corrected chi connectivity index (χ1v) is 4.39. The third-order valence-corrected chi connectivity index (χ3v) is 2.17. The molecule has 0 N–H and O–H groups in total. The van der Waals surface area contributed by atoms with Crippen molar-refractivity contribution in [3.8, 4) is 0 Å². The van der Waals surface area contributed by atoms with E-state index in [-0.39, 0.29) is 12.2 Å². The normalized spacial score (nSPS) is 11.7. The van der Waals surface area contributed by atoms with Gasteiger partial charge < -0.3 is 4.74 Å². The maximum atomic E-state index is 11.7. The van der Waals surface area contributed by atoms with Gasteiger partial charge in [-0.15, -0.1) is 5.10 Å². The molecule has 0 spiro atoms. The highest BCUT2D eigenvalue weighted by Crippen LogP contribution is 2.11. The minimum absolute atomic E-state index is 0.000463. The Labute approximate surface area is 83.1 Å². The van der Waals surface area contributed by atoms with Gasteiger partial charge in [0.25, 0.3) is 0 Å². The summed E-state index contributed by atoms with van der Waals surface area (Å²) in [6, 6.07) is 0. The predicted molar refractivity (Wildman–Crippen MR) is 50.8 cm³/mol. The van der Waals surface area contributed by atoms with Crippen molar-refractivity contribution in [2.24, 2.45) is 7.05 Å². The standard InChI is InChI=1S/C9H15N3O2/c1-9(2,14-4)8(13)5-7-6-12(3)11-10-7/h6H,5H2,1-4H3. The van der Waals surface area contributed by atoms with Crippen molar-refractivity contribution in [2.75, 3.05) is 7.11 Å². The number of hydrogen-bond donors (Lipinski definition) is 0. The number of ether oxygens (including phenoxy) is 1. The summed E-state index contributed by atoms with van der Waals surface area (Å²) in [4.78, 5) is 11.7. The van der Waals surface area contributed by atoms with Crippen LogP contribution in [0.5, 0.6) is 0 Å². The Kier molecular flexibility index (Phi) is 3.00. The average Bonchev–Trinajstić information content (AvgIpc) is 2.51. The molecule has 1 heterocycles. The van der Waals surface area contributed by atoms with Crippen LogP contribution in [0.4, 0.5) is 0 Å². The van der Waals surface area contributed by atoms with Gasteiger partial charge in [-0.3, -0.25) is 9.48 Å². The molecule has 14 heavy (non-hydrogen) atoms. The second kappa shape index (κ2) is 3.88. The fourth-order valence-electron chi connectivity index (χ4n) is 0.967. The smallest absolute Gasteiger partial charge is 0.170 e. The number of carbonyl (C=O) groups excluding carboxylic acids is 1. The molecular formula is C9H15N3O2. The number of aryl methyl sites for hydroxylation is 1. The summed E-state index contributed by atoms with van der Waals surface area (Å²) >= 11 is 0. The summed E-state index contributed by atoms with van der Waals surface area (Å²) < 4.78 is 6.65. The van der Waals surface area contributed by atoms with Crippen LogP contribution in [-0.2, 0) is 23.0 Å². The van der Waals surface area contributed by atoms with Crippen LogP contribution in [0.1, 0.15) is 19.5 Å². The monoisotopic (exact) mass is 197 g/mol. The zero-order valence-electron chi connectivity index (χ0n) is 8.94. The first-order valence-electron chi connectivity index (χ1n) is 4.39. The SMILES string of the molecule is COC(C)(C)C(=O)Cc1cn(C)nn1. The molecule has 1 aromatic rings. The van der Waals surface area contributed by atoms with E-state index >= 15 is 0 Å². The van der Waals surface area contributed by atoms with Crippen molar-refractivity contribution in [3.05, 3.63) is 11.9 Å². The molecule has 0 saturated carbocycles. The number of Topliss-reactive ketones (excluding diaryl/α,β-unsaturated/α-hetero) is 1. The lowest BCUT2D eigenvalue weighted by atomic mass is 10.00. The Hall–Kier alpha value is -1.23. The highest BCUT2D eigenvalue weighted by Gasteiger charge is 2.27. The Balaban J connectivity index is 2.66. The fourth-order valence-corrected chi connectivity index (χ4v) is 0.967. The van der Waals surface area contributed by atoms with Gasteiger partial charge in [0.2, 0.25) is 0 Å². The molecule has 0 amide bonds. The molecule has 0 saturated heterocycles. The van der Waals surface area contributed by atoms with E-state index in [4.69, 9.17) is 4.74 Å². The maximum absolute atomic E-state index is 11.7. The molecule has 0 aliphatic heterocycles. The molecule has 0 unspecified atom stereocenters. The molecule has 1 aromatic heterocycles. The van der Waals surface area contributed by atoms with Crippen LogP contribution in [0, 0.1) is 0 Å². The highest BCUT2D eigenvalue weighted by atomic mass is 16.5. The van der Waals surface area contributed by atoms with Crippen LogP contribution in [0.3, 0.4) is 0 Å². The first kappa shape index (κ1) is 10.8. The molecule has 0 fully saturated rings. The fraction of sp³-hybridized carbons (Fsp3) is 0.667. The van der Waals surface area contributed by atoms with Crippen LogP contribution in [0.2, 0.25) is 0 Å². The zero-order chi connectivity index (χ0) is 10.8. The molecule has 0 atom stereocenters. The van der Waals surface area contributed by atoms with Gasteiger partial charge in [-0.05, 0) is 13.8 Å². The van der Waals surface area contributed by atoms with Crippen molar-refractivity contribution in [3.63, 3.8) is 0 Å². The van der Waals surface area contributed by atoms with Gasteiger partial charge in [-0.25, -0.2) is 0 Å². The maximum Gasteiger partial charge on any atom is 0.170 e. The van der Waals surface area contributed by atoms with Gasteiger partial charge in [0.05, 0.1) is 12.1 Å². The van der Waals surface area contributed by atoms with Crippen LogP contribution in [0.25, 0.3) is 0 Å². The van der Waals surface area contributed by atoms with E-state index in [0.717, 1.165) is 0 Å². The van der Waals surface area contributed by atoms with Crippen molar-refractivity contribution in [1.82, 2.24) is 15.0 Å². The zero-order valence-corrected chi connectivity index (χ0v) is 8.94. The third-order valence-electron chi connectivity index (χ3n) is 2.17. The van der Waals surface area contributed by atoms with Gasteiger partial charge >= 0.3 is 0 Å². The van der Waals surface area contributed by atoms with Gasteiger partial charge in [-0.2, -0.15) is 0 Å². The first-order chi connectivity index (χ1) is 6.45. The Morgan fingerprint density at radius 3 is 2.71 bits per heavy atom. The minimum atomic E-state index is -0.752. The Bertz CT molecular complexity index is 331. The molecule has 78 valence electrons. The lowest BCUT2D eigenvalue weighted by molar-refractivity contribution is -0.136. The number of methoxy groups -OCH3 is 1. The Morgan fingerprint density at radius 1 is 1.64 bits per heavy atom. The summed E-state index contributed by atoms with van der Waals surface area (Å²) in [7, 11) is 3.29.